The van der Waals surface area contributed by atoms with Gasteiger partial charge in [0.1, 0.15) is 0 Å². The van der Waals surface area contributed by atoms with Crippen molar-refractivity contribution in [1.29, 1.82) is 0 Å². The van der Waals surface area contributed by atoms with Crippen LogP contribution in [0.15, 0.2) is 0 Å². The quantitative estimate of drug-likeness (QED) is 0.531. The summed E-state index contributed by atoms with van der Waals surface area (Å²) < 4.78 is 0. The third kappa shape index (κ3) is 4.38. The van der Waals surface area contributed by atoms with E-state index in [0.29, 0.717) is 0 Å². The molecule has 0 N–H and O–H groups in total. The molecule has 0 aliphatic carbocycles. The Balaban J connectivity index is 0.00000144. The maximum atomic E-state index is 11.1. The molecule has 0 radical (unpaired) electrons. The van der Waals surface area contributed by atoms with Crippen molar-refractivity contribution in [2.24, 2.45) is 0 Å². The minimum absolute atomic E-state index is 0. The van der Waals surface area contributed by atoms with Crippen molar-refractivity contribution in [3.05, 3.63) is 5.32 Å². The molecule has 0 bridgehead atoms. The van der Waals surface area contributed by atoms with Gasteiger partial charge in [-0.25, -0.2) is 0 Å². The number of hydrogen-bond donors (Lipinski definition) is 0. The Bertz CT molecular complexity index is 157. The van der Waals surface area contributed by atoms with Gasteiger partial charge in [0.25, 0.3) is 0 Å². The third-order valence-electron chi connectivity index (χ3n) is 2.28. The first-order valence-electron chi connectivity index (χ1n) is 4.39. The van der Waals surface area contributed by atoms with Gasteiger partial charge in [-0.3, -0.25) is 4.79 Å². The first kappa shape index (κ1) is 14.0. The van der Waals surface area contributed by atoms with Gasteiger partial charge in [-0.2, -0.15) is 0 Å². The largest absolute Gasteiger partial charge is 1.00 e. The molecule has 1 fully saturated rings. The van der Waals surface area contributed by atoms with E-state index in [4.69, 9.17) is 0 Å². The van der Waals surface area contributed by atoms with Crippen LogP contribution in [0.3, 0.4) is 0 Å². The molecule has 0 saturated carbocycles. The van der Waals surface area contributed by atoms with E-state index in [-0.39, 0.29) is 64.2 Å². The number of nitrogens with zero attached hydrogens (tertiary/aromatic N) is 3. The van der Waals surface area contributed by atoms with Gasteiger partial charge < -0.3 is 15.1 Å². The summed E-state index contributed by atoms with van der Waals surface area (Å²) in [4.78, 5) is 15.2. The molecule has 1 rings (SSSR count). The Kier molecular flexibility index (Phi) is 7.93. The summed E-state index contributed by atoms with van der Waals surface area (Å²) in [6, 6.07) is -0.0780. The molecule has 5 heteroatoms. The van der Waals surface area contributed by atoms with Crippen molar-refractivity contribution < 1.29 is 63.0 Å². The van der Waals surface area contributed by atoms with Crippen molar-refractivity contribution in [2.75, 3.05) is 39.8 Å². The van der Waals surface area contributed by atoms with Gasteiger partial charge in [0, 0.05) is 0 Å². The van der Waals surface area contributed by atoms with Crippen LogP contribution in [0.1, 0.15) is 6.92 Å². The second-order valence-corrected chi connectivity index (χ2v) is 2.93. The summed E-state index contributed by atoms with van der Waals surface area (Å²) in [6.07, 6.45) is 0. The van der Waals surface area contributed by atoms with Crippen molar-refractivity contribution >= 4 is 6.03 Å². The van der Waals surface area contributed by atoms with Crippen LogP contribution in [-0.4, -0.2) is 55.6 Å². The van der Waals surface area contributed by atoms with E-state index in [9.17, 15) is 4.79 Å². The zero-order valence-corrected chi connectivity index (χ0v) is 13.7. The van der Waals surface area contributed by atoms with Crippen LogP contribution < -0.4 is 58.2 Å². The molecular formula is C8H16N3ORb. The fourth-order valence-electron chi connectivity index (χ4n) is 1.40. The van der Waals surface area contributed by atoms with Crippen LogP contribution in [0, 0.1) is 0 Å². The number of rotatable bonds is 1. The van der Waals surface area contributed by atoms with Crippen LogP contribution in [0.25, 0.3) is 5.32 Å². The summed E-state index contributed by atoms with van der Waals surface area (Å²) in [7, 11) is 1.55. The molecular weight excluding hydrogens is 240 g/mol. The molecule has 1 aliphatic heterocycles. The molecule has 1 aliphatic rings. The smallest absolute Gasteiger partial charge is 0.434 e. The zero-order chi connectivity index (χ0) is 8.97. The predicted molar refractivity (Wildman–Crippen MR) is 48.4 cm³/mol. The Hall–Kier alpha value is 1.04. The fourth-order valence-corrected chi connectivity index (χ4v) is 1.40. The van der Waals surface area contributed by atoms with Crippen LogP contribution in [0.5, 0.6) is 0 Å². The topological polar surface area (TPSA) is 37.7 Å². The number of amides is 2. The Morgan fingerprint density at radius 2 is 1.85 bits per heavy atom. The monoisotopic (exact) mass is 255 g/mol. The minimum Gasteiger partial charge on any atom is -0.434 e. The minimum atomic E-state index is -0.0780. The van der Waals surface area contributed by atoms with Gasteiger partial charge in [0.05, 0.1) is 0 Å². The summed E-state index contributed by atoms with van der Waals surface area (Å²) in [5.74, 6) is 0. The summed E-state index contributed by atoms with van der Waals surface area (Å²) in [6.45, 7) is 6.83. The van der Waals surface area contributed by atoms with E-state index in [1.807, 2.05) is 0 Å². The van der Waals surface area contributed by atoms with Gasteiger partial charge in [-0.1, -0.05) is 14.0 Å². The van der Waals surface area contributed by atoms with Crippen molar-refractivity contribution in [3.63, 3.8) is 0 Å². The van der Waals surface area contributed by atoms with E-state index >= 15 is 0 Å². The molecule has 0 atom stereocenters. The zero-order valence-electron chi connectivity index (χ0n) is 8.79. The average molecular weight is 256 g/mol. The second kappa shape index (κ2) is 7.34. The van der Waals surface area contributed by atoms with E-state index in [2.05, 4.69) is 17.1 Å². The average Bonchev–Trinajstić information content (AvgIpc) is 2.17. The van der Waals surface area contributed by atoms with Crippen molar-refractivity contribution in [3.8, 4) is 0 Å². The van der Waals surface area contributed by atoms with Crippen molar-refractivity contribution in [2.45, 2.75) is 6.92 Å². The van der Waals surface area contributed by atoms with Crippen LogP contribution in [0.2, 0.25) is 0 Å². The standard InChI is InChI=1S/C8H17N3O.Rb/c1-3-10-4-6-11(7-5-10)8(12)9-2;/h3-7H2,1-2H3,(H,9,12);/q;+1/p-1. The maximum Gasteiger partial charge on any atom is 1.00 e. The van der Waals surface area contributed by atoms with Gasteiger partial charge in [-0.05, 0) is 32.7 Å². The maximum absolute atomic E-state index is 11.1. The molecule has 0 unspecified atom stereocenters. The normalized spacial score (nSPS) is 17.8. The number of hydrogen-bond acceptors (Lipinski definition) is 2. The van der Waals surface area contributed by atoms with E-state index < -0.39 is 0 Å². The molecule has 1 heterocycles. The number of piperazine rings is 1. The van der Waals surface area contributed by atoms with E-state index in [1.54, 1.807) is 11.9 Å². The predicted octanol–water partition coefficient (Wildman–Crippen LogP) is -2.25. The van der Waals surface area contributed by atoms with Gasteiger partial charge in [0.2, 0.25) is 0 Å². The first-order chi connectivity index (χ1) is 5.77. The van der Waals surface area contributed by atoms with Crippen LogP contribution >= 0.6 is 0 Å². The molecule has 1 saturated heterocycles. The molecule has 70 valence electrons. The van der Waals surface area contributed by atoms with E-state index in [1.165, 1.54) is 0 Å². The molecule has 4 nitrogen and oxygen atoms in total. The second-order valence-electron chi connectivity index (χ2n) is 2.93. The SMILES string of the molecule is CCN1CCN(C(=O)[N-]C)CC1.[Rb+]. The molecule has 0 spiro atoms. The molecule has 13 heavy (non-hydrogen) atoms. The number of carbonyl (C=O) groups is 1. The van der Waals surface area contributed by atoms with E-state index in [0.717, 1.165) is 32.7 Å². The van der Waals surface area contributed by atoms with Crippen LogP contribution in [0.4, 0.5) is 4.79 Å². The molecule has 0 aromatic rings. The summed E-state index contributed by atoms with van der Waals surface area (Å²) >= 11 is 0. The molecule has 0 aromatic heterocycles. The van der Waals surface area contributed by atoms with Gasteiger partial charge >= 0.3 is 58.2 Å². The van der Waals surface area contributed by atoms with Crippen molar-refractivity contribution in [1.82, 2.24) is 9.80 Å². The number of carbonyl (C=O) groups excluding carboxylic acids is 1. The van der Waals surface area contributed by atoms with Gasteiger partial charge in [0.15, 0.2) is 6.03 Å². The Morgan fingerprint density at radius 3 is 2.23 bits per heavy atom. The Labute approximate surface area is 129 Å². The summed E-state index contributed by atoms with van der Waals surface area (Å²) in [5.41, 5.74) is 0. The van der Waals surface area contributed by atoms with Crippen LogP contribution in [-0.2, 0) is 0 Å². The number of likely N-dealkylation sites (N-methyl/N-ethyl adjacent to an activating group) is 1. The molecule has 2 amide bonds. The number of urea groups is 1. The summed E-state index contributed by atoms with van der Waals surface area (Å²) in [5, 5.41) is 3.63. The Morgan fingerprint density at radius 1 is 1.31 bits per heavy atom. The van der Waals surface area contributed by atoms with Gasteiger partial charge in [-0.15, -0.1) is 0 Å². The molecule has 0 aromatic carbocycles. The first-order valence-corrected chi connectivity index (χ1v) is 4.39. The fraction of sp³-hybridized carbons (Fsp3) is 0.875. The third-order valence-corrected chi connectivity index (χ3v) is 2.28.